The van der Waals surface area contributed by atoms with Gasteiger partial charge >= 0.3 is 17.9 Å². The zero-order valence-corrected chi connectivity index (χ0v) is 39.5. The predicted octanol–water partition coefficient (Wildman–Crippen LogP) is 16.5. The van der Waals surface area contributed by atoms with E-state index in [4.69, 9.17) is 14.2 Å². The maximum absolute atomic E-state index is 12.8. The quantitative estimate of drug-likeness (QED) is 0.0200. The van der Waals surface area contributed by atoms with Crippen LogP contribution in [-0.2, 0) is 28.6 Å². The molecule has 0 spiro atoms. The highest BCUT2D eigenvalue weighted by molar-refractivity contribution is 5.71. The number of ether oxygens (including phenoxy) is 3. The molecular formula is C54H94O6. The van der Waals surface area contributed by atoms with E-state index in [1.807, 2.05) is 6.08 Å². The fourth-order valence-corrected chi connectivity index (χ4v) is 7.02. The van der Waals surface area contributed by atoms with Gasteiger partial charge in [-0.15, -0.1) is 0 Å². The lowest BCUT2D eigenvalue weighted by Crippen LogP contribution is -2.30. The van der Waals surface area contributed by atoms with Crippen LogP contribution in [0.15, 0.2) is 60.8 Å². The minimum Gasteiger partial charge on any atom is -0.462 e. The van der Waals surface area contributed by atoms with Crippen LogP contribution in [0.4, 0.5) is 0 Å². The van der Waals surface area contributed by atoms with Crippen LogP contribution in [0.5, 0.6) is 0 Å². The molecule has 0 aliphatic rings. The standard InChI is InChI=1S/C54H94O6/c1-4-7-10-13-16-19-22-25-27-30-32-35-38-41-44-47-53(56)59-50-51(49-58-52(55)46-43-40-37-34-31-28-24-21-18-15-12-9-6-3)60-54(57)48-45-42-39-36-33-29-26-23-20-17-14-11-8-5-2/h7,10,13,16,19,22,28,31,37,40,51H,4-6,8-9,11-12,14-15,17-18,20-21,23-27,29-30,32-36,38-39,41-50H2,1-3H3/b10-7+,16-13+,22-19+,31-28+,40-37+. The molecule has 346 valence electrons. The van der Waals surface area contributed by atoms with E-state index in [1.165, 1.54) is 135 Å². The van der Waals surface area contributed by atoms with Crippen molar-refractivity contribution in [2.45, 2.75) is 252 Å². The lowest BCUT2D eigenvalue weighted by molar-refractivity contribution is -0.166. The van der Waals surface area contributed by atoms with Crippen molar-refractivity contribution < 1.29 is 28.6 Å². The second kappa shape index (κ2) is 48.8. The first-order chi connectivity index (χ1) is 29.5. The molecule has 0 saturated carbocycles. The van der Waals surface area contributed by atoms with Crippen LogP contribution in [0, 0.1) is 0 Å². The van der Waals surface area contributed by atoms with Gasteiger partial charge in [-0.2, -0.15) is 0 Å². The number of esters is 3. The molecule has 0 saturated heterocycles. The Morgan fingerprint density at radius 2 is 0.750 bits per heavy atom. The first kappa shape index (κ1) is 57.1. The Balaban J connectivity index is 4.44. The third kappa shape index (κ3) is 46.2. The number of carbonyl (C=O) groups excluding carboxylic acids is 3. The lowest BCUT2D eigenvalue weighted by atomic mass is 10.0. The van der Waals surface area contributed by atoms with E-state index >= 15 is 0 Å². The van der Waals surface area contributed by atoms with E-state index in [1.54, 1.807) is 0 Å². The highest BCUT2D eigenvalue weighted by Crippen LogP contribution is 2.15. The zero-order chi connectivity index (χ0) is 43.7. The average molecular weight is 839 g/mol. The second-order valence-corrected chi connectivity index (χ2v) is 16.8. The molecule has 0 aromatic rings. The van der Waals surface area contributed by atoms with Crippen LogP contribution in [-0.4, -0.2) is 37.2 Å². The summed E-state index contributed by atoms with van der Waals surface area (Å²) in [5.41, 5.74) is 0. The van der Waals surface area contributed by atoms with Gasteiger partial charge in [-0.1, -0.05) is 229 Å². The monoisotopic (exact) mass is 839 g/mol. The van der Waals surface area contributed by atoms with Crippen molar-refractivity contribution in [3.05, 3.63) is 60.8 Å². The summed E-state index contributed by atoms with van der Waals surface area (Å²) < 4.78 is 16.7. The molecule has 0 rings (SSSR count). The van der Waals surface area contributed by atoms with Crippen molar-refractivity contribution in [2.24, 2.45) is 0 Å². The van der Waals surface area contributed by atoms with Crippen LogP contribution in [0.1, 0.15) is 245 Å². The molecule has 0 aliphatic heterocycles. The number of allylic oxidation sites excluding steroid dienone is 10. The number of hydrogen-bond donors (Lipinski definition) is 0. The van der Waals surface area contributed by atoms with Gasteiger partial charge in [0.25, 0.3) is 0 Å². The van der Waals surface area contributed by atoms with E-state index in [0.29, 0.717) is 19.3 Å². The largest absolute Gasteiger partial charge is 0.462 e. The molecule has 0 aromatic carbocycles. The molecule has 6 nitrogen and oxygen atoms in total. The van der Waals surface area contributed by atoms with Gasteiger partial charge in [0.05, 0.1) is 0 Å². The van der Waals surface area contributed by atoms with E-state index < -0.39 is 6.10 Å². The third-order valence-corrected chi connectivity index (χ3v) is 10.8. The molecule has 1 atom stereocenters. The molecular weight excluding hydrogens is 745 g/mol. The summed E-state index contributed by atoms with van der Waals surface area (Å²) in [5, 5.41) is 0. The summed E-state index contributed by atoms with van der Waals surface area (Å²) in [6, 6.07) is 0. The molecule has 0 heterocycles. The first-order valence-electron chi connectivity index (χ1n) is 25.3. The highest BCUT2D eigenvalue weighted by atomic mass is 16.6. The minimum atomic E-state index is -0.798. The fourth-order valence-electron chi connectivity index (χ4n) is 7.02. The van der Waals surface area contributed by atoms with Crippen LogP contribution in [0.3, 0.4) is 0 Å². The SMILES string of the molecule is CC/C=C/C=C/C=C/CCCCCCCCCC(=O)OCC(COC(=O)CC/C=C/C/C=C/CCCCCCCC)OC(=O)CCCCCCCCCCCCCCCC. The van der Waals surface area contributed by atoms with Crippen molar-refractivity contribution >= 4 is 17.9 Å². The van der Waals surface area contributed by atoms with Gasteiger partial charge in [0.2, 0.25) is 0 Å². The topological polar surface area (TPSA) is 78.9 Å². The van der Waals surface area contributed by atoms with Gasteiger partial charge in [-0.05, 0) is 57.8 Å². The van der Waals surface area contributed by atoms with Crippen molar-refractivity contribution in [3.8, 4) is 0 Å². The van der Waals surface area contributed by atoms with E-state index in [2.05, 4.69) is 75.5 Å². The van der Waals surface area contributed by atoms with E-state index in [0.717, 1.165) is 64.2 Å². The third-order valence-electron chi connectivity index (χ3n) is 10.8. The maximum Gasteiger partial charge on any atom is 0.306 e. The molecule has 1 unspecified atom stereocenters. The molecule has 0 fully saturated rings. The number of rotatable bonds is 45. The van der Waals surface area contributed by atoms with Crippen LogP contribution in [0.25, 0.3) is 0 Å². The lowest BCUT2D eigenvalue weighted by Gasteiger charge is -2.18. The van der Waals surface area contributed by atoms with Crippen molar-refractivity contribution in [1.29, 1.82) is 0 Å². The Bertz CT molecular complexity index is 1100. The molecule has 0 amide bonds. The Labute approximate surface area is 370 Å². The van der Waals surface area contributed by atoms with Gasteiger partial charge < -0.3 is 14.2 Å². The van der Waals surface area contributed by atoms with Gasteiger partial charge in [0.1, 0.15) is 13.2 Å². The van der Waals surface area contributed by atoms with Gasteiger partial charge in [-0.3, -0.25) is 14.4 Å². The van der Waals surface area contributed by atoms with Gasteiger partial charge in [0.15, 0.2) is 6.10 Å². The Morgan fingerprint density at radius 1 is 0.367 bits per heavy atom. The molecule has 6 heteroatoms. The van der Waals surface area contributed by atoms with Crippen molar-refractivity contribution in [1.82, 2.24) is 0 Å². The second-order valence-electron chi connectivity index (χ2n) is 16.8. The molecule has 0 aliphatic carbocycles. The summed E-state index contributed by atoms with van der Waals surface area (Å²) in [6.07, 6.45) is 59.3. The zero-order valence-electron chi connectivity index (χ0n) is 39.5. The van der Waals surface area contributed by atoms with Crippen LogP contribution < -0.4 is 0 Å². The Hall–Kier alpha value is -2.89. The Morgan fingerprint density at radius 3 is 1.23 bits per heavy atom. The van der Waals surface area contributed by atoms with Gasteiger partial charge in [0, 0.05) is 19.3 Å². The molecule has 0 radical (unpaired) electrons. The van der Waals surface area contributed by atoms with Crippen LogP contribution in [0.2, 0.25) is 0 Å². The van der Waals surface area contributed by atoms with E-state index in [-0.39, 0.29) is 37.5 Å². The van der Waals surface area contributed by atoms with Crippen LogP contribution >= 0.6 is 0 Å². The number of unbranched alkanes of at least 4 members (excludes halogenated alkanes) is 26. The first-order valence-corrected chi connectivity index (χ1v) is 25.3. The Kier molecular flexibility index (Phi) is 46.4. The summed E-state index contributed by atoms with van der Waals surface area (Å²) in [6.45, 7) is 6.44. The number of carbonyl (C=O) groups is 3. The average Bonchev–Trinajstić information content (AvgIpc) is 3.24. The van der Waals surface area contributed by atoms with Crippen molar-refractivity contribution in [2.75, 3.05) is 13.2 Å². The molecule has 0 bridgehead atoms. The van der Waals surface area contributed by atoms with Gasteiger partial charge in [-0.25, -0.2) is 0 Å². The molecule has 60 heavy (non-hydrogen) atoms. The fraction of sp³-hybridized carbons (Fsp3) is 0.759. The predicted molar refractivity (Wildman–Crippen MR) is 256 cm³/mol. The summed E-state index contributed by atoms with van der Waals surface area (Å²) in [5.74, 6) is -0.973. The van der Waals surface area contributed by atoms with Crippen molar-refractivity contribution in [3.63, 3.8) is 0 Å². The molecule has 0 aromatic heterocycles. The summed E-state index contributed by atoms with van der Waals surface area (Å²) >= 11 is 0. The summed E-state index contributed by atoms with van der Waals surface area (Å²) in [4.78, 5) is 37.9. The summed E-state index contributed by atoms with van der Waals surface area (Å²) in [7, 11) is 0. The smallest absolute Gasteiger partial charge is 0.306 e. The minimum absolute atomic E-state index is 0.0960. The normalized spacial score (nSPS) is 12.5. The van der Waals surface area contributed by atoms with E-state index in [9.17, 15) is 14.4 Å². The maximum atomic E-state index is 12.8. The molecule has 0 N–H and O–H groups in total. The highest BCUT2D eigenvalue weighted by Gasteiger charge is 2.19. The number of hydrogen-bond acceptors (Lipinski definition) is 6.